The normalized spacial score (nSPS) is 16.9. The SMILES string of the molecule is [2H]C(c1c[nH]c2ccc(OC)cc12)C([2H])([2H])N(C)C. The molecule has 0 aliphatic carbocycles. The zero-order valence-corrected chi connectivity index (χ0v) is 9.74. The molecule has 0 saturated heterocycles. The van der Waals surface area contributed by atoms with E-state index < -0.39 is 12.9 Å². The minimum absolute atomic E-state index is 0.632. The zero-order chi connectivity index (χ0) is 14.2. The fraction of sp³-hybridized carbons (Fsp3) is 0.385. The molecule has 1 aromatic heterocycles. The average Bonchev–Trinajstić information content (AvgIpc) is 2.79. The Balaban J connectivity index is 2.50. The first-order chi connectivity index (χ1) is 8.87. The molecular formula is C13H18N2O. The lowest BCUT2D eigenvalue weighted by atomic mass is 10.1. The van der Waals surface area contributed by atoms with E-state index in [0.29, 0.717) is 11.3 Å². The number of hydrogen-bond acceptors (Lipinski definition) is 2. The quantitative estimate of drug-likeness (QED) is 0.858. The Hall–Kier alpha value is -1.48. The van der Waals surface area contributed by atoms with Gasteiger partial charge in [0, 0.05) is 27.7 Å². The molecule has 1 aromatic carbocycles. The number of aromatic amines is 1. The Kier molecular flexibility index (Phi) is 2.21. The summed E-state index contributed by atoms with van der Waals surface area (Å²) in [5, 5.41) is 0.824. The third kappa shape index (κ3) is 2.19. The van der Waals surface area contributed by atoms with Crippen LogP contribution in [0.4, 0.5) is 0 Å². The van der Waals surface area contributed by atoms with Gasteiger partial charge in [0.1, 0.15) is 5.75 Å². The Bertz CT molecular complexity index is 580. The van der Waals surface area contributed by atoms with Crippen LogP contribution >= 0.6 is 0 Å². The Morgan fingerprint density at radius 3 is 2.94 bits per heavy atom. The van der Waals surface area contributed by atoms with Gasteiger partial charge in [0.05, 0.1) is 7.11 Å². The Morgan fingerprint density at radius 1 is 1.44 bits per heavy atom. The van der Waals surface area contributed by atoms with Gasteiger partial charge in [-0.25, -0.2) is 0 Å². The van der Waals surface area contributed by atoms with Gasteiger partial charge >= 0.3 is 0 Å². The van der Waals surface area contributed by atoms with Crippen LogP contribution in [-0.4, -0.2) is 37.6 Å². The minimum Gasteiger partial charge on any atom is -0.497 e. The molecule has 0 saturated carbocycles. The molecule has 1 heterocycles. The number of nitrogens with zero attached hydrogens (tertiary/aromatic N) is 1. The molecule has 0 aliphatic heterocycles. The Morgan fingerprint density at radius 2 is 2.25 bits per heavy atom. The molecular weight excluding hydrogens is 200 g/mol. The summed E-state index contributed by atoms with van der Waals surface area (Å²) in [6, 6.07) is 5.53. The van der Waals surface area contributed by atoms with Crippen molar-refractivity contribution in [1.29, 1.82) is 0 Å². The maximum Gasteiger partial charge on any atom is 0.119 e. The van der Waals surface area contributed by atoms with E-state index in [-0.39, 0.29) is 0 Å². The molecule has 3 heteroatoms. The number of H-pyrrole nitrogens is 1. The number of methoxy groups -OCH3 is 1. The second kappa shape index (κ2) is 4.58. The van der Waals surface area contributed by atoms with Crippen molar-refractivity contribution >= 4 is 10.9 Å². The van der Waals surface area contributed by atoms with Crippen molar-refractivity contribution in [2.24, 2.45) is 0 Å². The van der Waals surface area contributed by atoms with Crippen LogP contribution in [0.25, 0.3) is 10.9 Å². The van der Waals surface area contributed by atoms with Crippen molar-refractivity contribution in [1.82, 2.24) is 9.88 Å². The van der Waals surface area contributed by atoms with Gasteiger partial charge in [-0.3, -0.25) is 0 Å². The largest absolute Gasteiger partial charge is 0.497 e. The van der Waals surface area contributed by atoms with Crippen molar-refractivity contribution in [3.8, 4) is 5.75 Å². The average molecular weight is 221 g/mol. The fourth-order valence-electron chi connectivity index (χ4n) is 1.57. The van der Waals surface area contributed by atoms with Gasteiger partial charge < -0.3 is 14.6 Å². The molecule has 1 N–H and O–H groups in total. The minimum atomic E-state index is -1.74. The number of rotatable bonds is 4. The zero-order valence-electron chi connectivity index (χ0n) is 12.7. The van der Waals surface area contributed by atoms with E-state index in [2.05, 4.69) is 4.98 Å². The van der Waals surface area contributed by atoms with Crippen LogP contribution < -0.4 is 4.74 Å². The van der Waals surface area contributed by atoms with Crippen molar-refractivity contribution < 1.29 is 8.85 Å². The first kappa shape index (κ1) is 7.74. The lowest BCUT2D eigenvalue weighted by Crippen LogP contribution is -2.14. The third-order valence-corrected chi connectivity index (χ3v) is 2.40. The molecule has 0 bridgehead atoms. The topological polar surface area (TPSA) is 28.3 Å². The van der Waals surface area contributed by atoms with Crippen LogP contribution in [0.15, 0.2) is 24.4 Å². The highest BCUT2D eigenvalue weighted by Gasteiger charge is 2.05. The summed E-state index contributed by atoms with van der Waals surface area (Å²) < 4.78 is 29.4. The molecule has 1 atom stereocenters. The maximum atomic E-state index is 8.20. The van der Waals surface area contributed by atoms with Gasteiger partial charge in [-0.1, -0.05) is 0 Å². The van der Waals surface area contributed by atoms with E-state index in [1.54, 1.807) is 27.4 Å². The van der Waals surface area contributed by atoms with Crippen LogP contribution in [0.5, 0.6) is 5.75 Å². The van der Waals surface area contributed by atoms with E-state index in [1.807, 2.05) is 18.2 Å². The van der Waals surface area contributed by atoms with Crippen molar-refractivity contribution in [2.75, 3.05) is 27.7 Å². The predicted molar refractivity (Wildman–Crippen MR) is 67.1 cm³/mol. The molecule has 2 aromatic rings. The monoisotopic (exact) mass is 221 g/mol. The summed E-state index contributed by atoms with van der Waals surface area (Å²) in [5.74, 6) is 0.700. The molecule has 86 valence electrons. The number of nitrogens with one attached hydrogen (secondary N) is 1. The fourth-order valence-corrected chi connectivity index (χ4v) is 1.57. The van der Waals surface area contributed by atoms with Crippen LogP contribution in [0.1, 0.15) is 9.68 Å². The van der Waals surface area contributed by atoms with Crippen molar-refractivity contribution in [3.05, 3.63) is 30.0 Å². The number of aromatic nitrogens is 1. The predicted octanol–water partition coefficient (Wildman–Crippen LogP) is 2.28. The molecule has 16 heavy (non-hydrogen) atoms. The highest BCUT2D eigenvalue weighted by Crippen LogP contribution is 2.23. The molecule has 2 rings (SSSR count). The summed E-state index contributed by atoms with van der Waals surface area (Å²) in [5.41, 5.74) is 1.51. The third-order valence-electron chi connectivity index (χ3n) is 2.40. The Labute approximate surface area is 100 Å². The maximum absolute atomic E-state index is 8.20. The molecule has 3 nitrogen and oxygen atoms in total. The molecule has 0 amide bonds. The van der Waals surface area contributed by atoms with Gasteiger partial charge in [0.2, 0.25) is 0 Å². The molecule has 0 aliphatic rings. The first-order valence-corrected chi connectivity index (χ1v) is 5.12. The molecule has 0 fully saturated rings. The van der Waals surface area contributed by atoms with E-state index >= 15 is 0 Å². The van der Waals surface area contributed by atoms with Crippen molar-refractivity contribution in [2.45, 2.75) is 6.40 Å². The number of hydrogen-bond donors (Lipinski definition) is 1. The van der Waals surface area contributed by atoms with Crippen LogP contribution in [0.2, 0.25) is 0 Å². The van der Waals surface area contributed by atoms with Crippen LogP contribution in [0.3, 0.4) is 0 Å². The van der Waals surface area contributed by atoms with Gasteiger partial charge in [-0.05, 0) is 44.3 Å². The number of likely N-dealkylation sites (N-methyl/N-ethyl adjacent to an activating group) is 1. The van der Waals surface area contributed by atoms with Crippen LogP contribution in [0, 0.1) is 0 Å². The highest BCUT2D eigenvalue weighted by atomic mass is 16.5. The summed E-state index contributed by atoms with van der Waals surface area (Å²) in [4.78, 5) is 4.49. The van der Waals surface area contributed by atoms with Crippen molar-refractivity contribution in [3.63, 3.8) is 0 Å². The summed E-state index contributed by atoms with van der Waals surface area (Å²) in [7, 11) is 4.86. The lowest BCUT2D eigenvalue weighted by Gasteiger charge is -2.08. The molecule has 0 spiro atoms. The number of fused-ring (bicyclic) bond motifs is 1. The summed E-state index contributed by atoms with van der Waals surface area (Å²) in [6.07, 6.45) is 0.701. The lowest BCUT2D eigenvalue weighted by molar-refractivity contribution is 0.413. The summed E-state index contributed by atoms with van der Waals surface area (Å²) >= 11 is 0. The van der Waals surface area contributed by atoms with Gasteiger partial charge in [-0.15, -0.1) is 0 Å². The van der Waals surface area contributed by atoms with Gasteiger partial charge in [-0.2, -0.15) is 0 Å². The standard InChI is InChI=1S/C13H18N2O/c1-15(2)7-6-10-9-14-13-5-4-11(16-3)8-12(10)13/h4-5,8-9,14H,6-7H2,1-3H3/i6D,7D2. The summed E-state index contributed by atoms with van der Waals surface area (Å²) in [6.45, 7) is -1.74. The van der Waals surface area contributed by atoms with E-state index in [9.17, 15) is 0 Å². The number of benzene rings is 1. The van der Waals surface area contributed by atoms with E-state index in [0.717, 1.165) is 10.9 Å². The second-order valence-electron chi connectivity index (χ2n) is 3.82. The first-order valence-electron chi connectivity index (χ1n) is 6.70. The molecule has 0 radical (unpaired) electrons. The number of aryl methyl sites for hydroxylation is 1. The van der Waals surface area contributed by atoms with Gasteiger partial charge in [0.15, 0.2) is 0 Å². The molecule has 1 unspecified atom stereocenters. The number of ether oxygens (including phenoxy) is 1. The second-order valence-corrected chi connectivity index (χ2v) is 3.82. The highest BCUT2D eigenvalue weighted by molar-refractivity contribution is 5.84. The van der Waals surface area contributed by atoms with Gasteiger partial charge in [0.25, 0.3) is 0 Å². The van der Waals surface area contributed by atoms with E-state index in [4.69, 9.17) is 8.85 Å². The van der Waals surface area contributed by atoms with Crippen LogP contribution in [-0.2, 0) is 6.40 Å². The van der Waals surface area contributed by atoms with E-state index in [1.165, 1.54) is 4.90 Å². The smallest absolute Gasteiger partial charge is 0.119 e.